The van der Waals surface area contributed by atoms with Crippen LogP contribution in [0, 0.1) is 11.3 Å². The Hall–Kier alpha value is -1.10. The molecule has 0 unspecified atom stereocenters. The molecule has 1 aromatic heterocycles. The molecule has 0 aliphatic heterocycles. The Labute approximate surface area is 151 Å². The van der Waals surface area contributed by atoms with Gasteiger partial charge in [0.25, 0.3) is 0 Å². The third-order valence-electron chi connectivity index (χ3n) is 3.88. The van der Waals surface area contributed by atoms with Gasteiger partial charge in [-0.15, -0.1) is 11.3 Å². The molecule has 1 heterocycles. The first-order valence-corrected chi connectivity index (χ1v) is 10.1. The third kappa shape index (κ3) is 4.46. The Morgan fingerprint density at radius 1 is 1.39 bits per heavy atom. The summed E-state index contributed by atoms with van der Waals surface area (Å²) in [6.45, 7) is 5.79. The molecule has 7 heteroatoms. The van der Waals surface area contributed by atoms with Crippen LogP contribution in [0.4, 0.5) is 5.00 Å². The first kappa shape index (κ1) is 18.2. The highest BCUT2D eigenvalue weighted by Gasteiger charge is 2.22. The number of amides is 1. The maximum atomic E-state index is 12.2. The largest absolute Gasteiger partial charge is 0.358 e. The van der Waals surface area contributed by atoms with Crippen molar-refractivity contribution in [3.63, 3.8) is 0 Å². The molecule has 1 aromatic rings. The lowest BCUT2D eigenvalue weighted by atomic mass is 9.96. The van der Waals surface area contributed by atoms with E-state index in [0.29, 0.717) is 10.6 Å². The predicted octanol–water partition coefficient (Wildman–Crippen LogP) is 3.80. The highest BCUT2D eigenvalue weighted by molar-refractivity contribution is 8.23. The molecule has 1 aliphatic carbocycles. The molecular weight excluding hydrogens is 346 g/mol. The van der Waals surface area contributed by atoms with Gasteiger partial charge in [0.1, 0.15) is 15.4 Å². The number of hydrogen-bond acceptors (Lipinski definition) is 5. The molecule has 23 heavy (non-hydrogen) atoms. The number of rotatable bonds is 5. The van der Waals surface area contributed by atoms with Gasteiger partial charge in [0, 0.05) is 18.0 Å². The summed E-state index contributed by atoms with van der Waals surface area (Å²) >= 11 is 8.27. The first-order valence-electron chi connectivity index (χ1n) is 7.86. The molecule has 0 fully saturated rings. The number of thioether (sulfide) groups is 1. The lowest BCUT2D eigenvalue weighted by Gasteiger charge is -2.20. The van der Waals surface area contributed by atoms with Crippen molar-refractivity contribution in [2.45, 2.75) is 39.5 Å². The number of anilines is 1. The van der Waals surface area contributed by atoms with Crippen LogP contribution in [0.1, 0.15) is 42.7 Å². The summed E-state index contributed by atoms with van der Waals surface area (Å²) in [6, 6.07) is 2.27. The van der Waals surface area contributed by atoms with E-state index in [4.69, 9.17) is 12.2 Å². The fraction of sp³-hybridized carbons (Fsp3) is 0.562. The Bertz CT molecular complexity index is 629. The fourth-order valence-corrected chi connectivity index (χ4v) is 5.09. The van der Waals surface area contributed by atoms with Gasteiger partial charge in [-0.2, -0.15) is 5.26 Å². The predicted molar refractivity (Wildman–Crippen MR) is 102 cm³/mol. The van der Waals surface area contributed by atoms with E-state index in [0.717, 1.165) is 42.2 Å². The van der Waals surface area contributed by atoms with Crippen LogP contribution in [-0.2, 0) is 17.6 Å². The van der Waals surface area contributed by atoms with Crippen LogP contribution in [0.2, 0.25) is 0 Å². The molecule has 0 saturated carbocycles. The maximum absolute atomic E-state index is 12.2. The van der Waals surface area contributed by atoms with E-state index in [1.165, 1.54) is 23.1 Å². The van der Waals surface area contributed by atoms with Gasteiger partial charge in [-0.05, 0) is 45.1 Å². The second-order valence-electron chi connectivity index (χ2n) is 5.30. The van der Waals surface area contributed by atoms with E-state index < -0.39 is 0 Å². The minimum Gasteiger partial charge on any atom is -0.358 e. The van der Waals surface area contributed by atoms with Gasteiger partial charge in [0.2, 0.25) is 5.91 Å². The van der Waals surface area contributed by atoms with Crippen molar-refractivity contribution in [2.24, 2.45) is 0 Å². The van der Waals surface area contributed by atoms with Crippen LogP contribution < -0.4 is 5.32 Å². The van der Waals surface area contributed by atoms with E-state index in [1.54, 1.807) is 11.3 Å². The van der Waals surface area contributed by atoms with E-state index in [9.17, 15) is 10.1 Å². The van der Waals surface area contributed by atoms with Crippen molar-refractivity contribution in [2.75, 3.05) is 24.2 Å². The molecule has 0 radical (unpaired) electrons. The quantitative estimate of drug-likeness (QED) is 0.802. The molecule has 124 valence electrons. The minimum atomic E-state index is -0.0976. The molecule has 0 aromatic carbocycles. The monoisotopic (exact) mass is 367 g/mol. The zero-order chi connectivity index (χ0) is 16.8. The van der Waals surface area contributed by atoms with Crippen LogP contribution in [0.15, 0.2) is 0 Å². The van der Waals surface area contributed by atoms with Crippen molar-refractivity contribution in [3.05, 3.63) is 16.0 Å². The number of thiocarbonyl (C=S) groups is 1. The van der Waals surface area contributed by atoms with Crippen LogP contribution in [-0.4, -0.2) is 34.0 Å². The number of carbonyl (C=O) groups excluding carboxylic acids is 1. The van der Waals surface area contributed by atoms with Gasteiger partial charge < -0.3 is 10.2 Å². The number of thiophene rings is 1. The Balaban J connectivity index is 1.97. The Kier molecular flexibility index (Phi) is 6.88. The Morgan fingerprint density at radius 2 is 2.09 bits per heavy atom. The lowest BCUT2D eigenvalue weighted by Crippen LogP contribution is -2.28. The second kappa shape index (κ2) is 8.67. The van der Waals surface area contributed by atoms with Crippen molar-refractivity contribution in [1.82, 2.24) is 4.90 Å². The minimum absolute atomic E-state index is 0.0976. The van der Waals surface area contributed by atoms with Gasteiger partial charge in [0.15, 0.2) is 0 Å². The Morgan fingerprint density at radius 3 is 2.74 bits per heavy atom. The molecule has 1 N–H and O–H groups in total. The van der Waals surface area contributed by atoms with E-state index in [1.807, 2.05) is 13.8 Å². The van der Waals surface area contributed by atoms with E-state index >= 15 is 0 Å². The zero-order valence-electron chi connectivity index (χ0n) is 13.5. The zero-order valence-corrected chi connectivity index (χ0v) is 15.9. The highest BCUT2D eigenvalue weighted by atomic mass is 32.2. The van der Waals surface area contributed by atoms with Crippen LogP contribution in [0.3, 0.4) is 0 Å². The molecule has 0 bridgehead atoms. The number of nitriles is 1. The second-order valence-corrected chi connectivity index (χ2v) is 8.02. The summed E-state index contributed by atoms with van der Waals surface area (Å²) in [5.74, 6) is 0.183. The SMILES string of the molecule is CCN(CC)C(=S)SCC(=O)Nc1sc2c(c1C#N)CCCC2. The lowest BCUT2D eigenvalue weighted by molar-refractivity contribution is -0.113. The third-order valence-corrected chi connectivity index (χ3v) is 6.62. The van der Waals surface area contributed by atoms with E-state index in [2.05, 4.69) is 16.3 Å². The summed E-state index contributed by atoms with van der Waals surface area (Å²) in [5, 5.41) is 13.0. The van der Waals surface area contributed by atoms with Crippen molar-refractivity contribution in [1.29, 1.82) is 5.26 Å². The summed E-state index contributed by atoms with van der Waals surface area (Å²) in [6.07, 6.45) is 4.26. The first-order chi connectivity index (χ1) is 11.1. The molecule has 1 amide bonds. The summed E-state index contributed by atoms with van der Waals surface area (Å²) in [5.41, 5.74) is 1.81. The molecule has 0 atom stereocenters. The number of aryl methyl sites for hydroxylation is 1. The molecule has 0 spiro atoms. The van der Waals surface area contributed by atoms with Gasteiger partial charge in [-0.25, -0.2) is 0 Å². The molecular formula is C16H21N3OS3. The normalized spacial score (nSPS) is 13.1. The molecule has 0 saturated heterocycles. The van der Waals surface area contributed by atoms with Crippen molar-refractivity contribution < 1.29 is 4.79 Å². The number of fused-ring (bicyclic) bond motifs is 1. The number of nitrogens with zero attached hydrogens (tertiary/aromatic N) is 2. The van der Waals surface area contributed by atoms with E-state index in [-0.39, 0.29) is 11.7 Å². The van der Waals surface area contributed by atoms with Crippen LogP contribution in [0.5, 0.6) is 0 Å². The maximum Gasteiger partial charge on any atom is 0.235 e. The summed E-state index contributed by atoms with van der Waals surface area (Å²) < 4.78 is 0.746. The van der Waals surface area contributed by atoms with Crippen molar-refractivity contribution in [3.8, 4) is 6.07 Å². The average molecular weight is 368 g/mol. The molecule has 1 aliphatic rings. The average Bonchev–Trinajstić information content (AvgIpc) is 2.91. The molecule has 4 nitrogen and oxygen atoms in total. The topological polar surface area (TPSA) is 56.1 Å². The summed E-state index contributed by atoms with van der Waals surface area (Å²) in [7, 11) is 0. The summed E-state index contributed by atoms with van der Waals surface area (Å²) in [4.78, 5) is 15.5. The highest BCUT2D eigenvalue weighted by Crippen LogP contribution is 2.37. The smallest absolute Gasteiger partial charge is 0.235 e. The van der Waals surface area contributed by atoms with Gasteiger partial charge in [-0.3, -0.25) is 4.79 Å². The van der Waals surface area contributed by atoms with Gasteiger partial charge >= 0.3 is 0 Å². The number of carbonyl (C=O) groups is 1. The fourth-order valence-electron chi connectivity index (χ4n) is 2.64. The van der Waals surface area contributed by atoms with Gasteiger partial charge in [-0.1, -0.05) is 24.0 Å². The van der Waals surface area contributed by atoms with Crippen LogP contribution >= 0.6 is 35.3 Å². The van der Waals surface area contributed by atoms with Crippen LogP contribution in [0.25, 0.3) is 0 Å². The standard InChI is InChI=1S/C16H21N3OS3/c1-3-19(4-2)16(21)22-10-14(20)18-15-12(9-17)11-7-5-6-8-13(11)23-15/h3-8,10H2,1-2H3,(H,18,20). The molecule has 2 rings (SSSR count). The number of hydrogen-bond donors (Lipinski definition) is 1. The van der Waals surface area contributed by atoms with Crippen molar-refractivity contribution >= 4 is 50.5 Å². The number of nitrogens with one attached hydrogen (secondary N) is 1. The van der Waals surface area contributed by atoms with Gasteiger partial charge in [0.05, 0.1) is 11.3 Å².